The molecule has 0 spiro atoms. The first-order valence-electron chi connectivity index (χ1n) is 12.4. The first kappa shape index (κ1) is 22.6. The van der Waals surface area contributed by atoms with Crippen LogP contribution in [0.1, 0.15) is 61.1 Å². The van der Waals surface area contributed by atoms with E-state index in [0.29, 0.717) is 35.2 Å². The second-order valence-corrected chi connectivity index (χ2v) is 11.9. The number of amidine groups is 1. The molecule has 2 aromatic carbocycles. The number of benzene rings is 2. The topological polar surface area (TPSA) is 70.6 Å². The van der Waals surface area contributed by atoms with Gasteiger partial charge in [0.05, 0.1) is 10.7 Å². The van der Waals surface area contributed by atoms with Crippen molar-refractivity contribution in [3.63, 3.8) is 0 Å². The van der Waals surface area contributed by atoms with Gasteiger partial charge in [0.1, 0.15) is 0 Å². The molecule has 2 N–H and O–H groups in total. The molecule has 5 nitrogen and oxygen atoms in total. The first-order chi connectivity index (χ1) is 16.0. The lowest BCUT2D eigenvalue weighted by Crippen LogP contribution is -2.32. The number of nitrogens with zero attached hydrogens (tertiary/aromatic N) is 1. The maximum absolute atomic E-state index is 12.5. The highest BCUT2D eigenvalue weighted by Gasteiger charge is 2.36. The Kier molecular flexibility index (Phi) is 6.57. The zero-order chi connectivity index (χ0) is 22.8. The van der Waals surface area contributed by atoms with Gasteiger partial charge in [-0.2, -0.15) is 0 Å². The highest BCUT2D eigenvalue weighted by atomic mass is 32.2. The Labute approximate surface area is 198 Å². The molecule has 2 aliphatic carbocycles. The Bertz CT molecular complexity index is 1110. The lowest BCUT2D eigenvalue weighted by molar-refractivity contribution is 0.280. The Morgan fingerprint density at radius 2 is 1.76 bits per heavy atom. The third-order valence-corrected chi connectivity index (χ3v) is 9.24. The van der Waals surface area contributed by atoms with Crippen molar-refractivity contribution < 1.29 is 8.42 Å². The van der Waals surface area contributed by atoms with E-state index in [0.717, 1.165) is 45.1 Å². The van der Waals surface area contributed by atoms with Crippen molar-refractivity contribution in [1.82, 2.24) is 10.0 Å². The second-order valence-electron chi connectivity index (χ2n) is 10.1. The van der Waals surface area contributed by atoms with Gasteiger partial charge in [-0.1, -0.05) is 42.0 Å². The van der Waals surface area contributed by atoms with Crippen LogP contribution in [0, 0.1) is 18.8 Å². The van der Waals surface area contributed by atoms with Crippen LogP contribution in [0.25, 0.3) is 0 Å². The average Bonchev–Trinajstić information content (AvgIpc) is 3.26. The zero-order valence-electron chi connectivity index (χ0n) is 19.5. The molecule has 33 heavy (non-hydrogen) atoms. The number of rotatable bonds is 6. The number of hydrogen-bond donors (Lipinski definition) is 2. The lowest BCUT2D eigenvalue weighted by atomic mass is 9.79. The number of aryl methyl sites for hydroxylation is 2. The van der Waals surface area contributed by atoms with E-state index in [1.54, 1.807) is 24.3 Å². The van der Waals surface area contributed by atoms with Gasteiger partial charge in [-0.15, -0.1) is 0 Å². The molecule has 0 bridgehead atoms. The molecule has 1 saturated heterocycles. The van der Waals surface area contributed by atoms with Crippen molar-refractivity contribution in [3.05, 3.63) is 65.2 Å². The van der Waals surface area contributed by atoms with E-state index in [2.05, 4.69) is 35.2 Å². The number of hydrogen-bond acceptors (Lipinski definition) is 3. The van der Waals surface area contributed by atoms with Crippen LogP contribution >= 0.6 is 0 Å². The quantitative estimate of drug-likeness (QED) is 0.657. The summed E-state index contributed by atoms with van der Waals surface area (Å²) in [5.41, 5.74) is 4.40. The van der Waals surface area contributed by atoms with Crippen LogP contribution in [0.4, 0.5) is 0 Å². The maximum atomic E-state index is 12.5. The molecular formula is C27H35N3O2S. The Morgan fingerprint density at radius 3 is 2.55 bits per heavy atom. The minimum Gasteiger partial charge on any atom is -0.370 e. The van der Waals surface area contributed by atoms with Gasteiger partial charge >= 0.3 is 0 Å². The normalized spacial score (nSPS) is 28.2. The summed E-state index contributed by atoms with van der Waals surface area (Å²) in [5.74, 6) is 2.79. The molecule has 2 fully saturated rings. The Hall–Kier alpha value is -2.18. The summed E-state index contributed by atoms with van der Waals surface area (Å²) in [6.45, 7) is 3.61. The van der Waals surface area contributed by atoms with Gasteiger partial charge in [-0.25, -0.2) is 13.1 Å². The van der Waals surface area contributed by atoms with Crippen molar-refractivity contribution in [3.8, 4) is 0 Å². The van der Waals surface area contributed by atoms with Gasteiger partial charge < -0.3 is 5.32 Å². The Balaban J connectivity index is 1.10. The van der Waals surface area contributed by atoms with Gasteiger partial charge in [-0.3, -0.25) is 4.99 Å². The molecule has 0 amide bonds. The summed E-state index contributed by atoms with van der Waals surface area (Å²) in [6, 6.07) is 16.1. The van der Waals surface area contributed by atoms with Crippen LogP contribution in [-0.2, 0) is 16.4 Å². The maximum Gasteiger partial charge on any atom is 0.240 e. The summed E-state index contributed by atoms with van der Waals surface area (Å²) in [5, 5.41) is 3.73. The summed E-state index contributed by atoms with van der Waals surface area (Å²) in [6.07, 6.45) is 7.79. The third kappa shape index (κ3) is 5.17. The van der Waals surface area contributed by atoms with E-state index >= 15 is 0 Å². The van der Waals surface area contributed by atoms with E-state index in [4.69, 9.17) is 4.99 Å². The summed E-state index contributed by atoms with van der Waals surface area (Å²) < 4.78 is 27.7. The predicted octanol–water partition coefficient (Wildman–Crippen LogP) is 4.57. The molecule has 3 aliphatic rings. The predicted molar refractivity (Wildman–Crippen MR) is 133 cm³/mol. The molecule has 1 aliphatic heterocycles. The minimum atomic E-state index is -3.41. The van der Waals surface area contributed by atoms with E-state index in [9.17, 15) is 8.42 Å². The number of nitrogens with one attached hydrogen (secondary N) is 2. The van der Waals surface area contributed by atoms with E-state index in [1.165, 1.54) is 28.9 Å². The first-order valence-corrected chi connectivity index (χ1v) is 13.9. The van der Waals surface area contributed by atoms with Crippen molar-refractivity contribution in [2.45, 2.75) is 68.7 Å². The average molecular weight is 466 g/mol. The molecule has 0 aromatic heterocycles. The second kappa shape index (κ2) is 9.59. The van der Waals surface area contributed by atoms with Gasteiger partial charge in [-0.05, 0) is 80.5 Å². The summed E-state index contributed by atoms with van der Waals surface area (Å²) in [7, 11) is -3.41. The van der Waals surface area contributed by atoms with E-state index in [-0.39, 0.29) is 0 Å². The molecule has 0 radical (unpaired) electrons. The van der Waals surface area contributed by atoms with Crippen LogP contribution < -0.4 is 10.0 Å². The zero-order valence-corrected chi connectivity index (χ0v) is 20.3. The fourth-order valence-electron chi connectivity index (χ4n) is 5.80. The molecule has 2 unspecified atom stereocenters. The molecule has 2 atom stereocenters. The fourth-order valence-corrected chi connectivity index (χ4v) is 6.94. The highest BCUT2D eigenvalue weighted by Crippen LogP contribution is 2.38. The number of fused-ring (bicyclic) bond motifs is 3. The third-order valence-electron chi connectivity index (χ3n) is 7.80. The lowest BCUT2D eigenvalue weighted by Gasteiger charge is -2.28. The van der Waals surface area contributed by atoms with Crippen molar-refractivity contribution in [2.75, 3.05) is 13.1 Å². The van der Waals surface area contributed by atoms with Gasteiger partial charge in [0.2, 0.25) is 10.0 Å². The molecule has 1 heterocycles. The van der Waals surface area contributed by atoms with Gasteiger partial charge in [0.25, 0.3) is 0 Å². The molecule has 6 heteroatoms. The molecule has 5 rings (SSSR count). The smallest absolute Gasteiger partial charge is 0.240 e. The minimum absolute atomic E-state index is 0.344. The highest BCUT2D eigenvalue weighted by molar-refractivity contribution is 7.89. The Morgan fingerprint density at radius 1 is 1.00 bits per heavy atom. The van der Waals surface area contributed by atoms with Crippen molar-refractivity contribution in [1.29, 1.82) is 0 Å². The van der Waals surface area contributed by atoms with Crippen LogP contribution in [0.2, 0.25) is 0 Å². The van der Waals surface area contributed by atoms with Crippen molar-refractivity contribution >= 4 is 15.9 Å². The fraction of sp³-hybridized carbons (Fsp3) is 0.519. The van der Waals surface area contributed by atoms with E-state index < -0.39 is 10.0 Å². The van der Waals surface area contributed by atoms with Crippen LogP contribution in [-0.4, -0.2) is 33.4 Å². The monoisotopic (exact) mass is 465 g/mol. The summed E-state index contributed by atoms with van der Waals surface area (Å²) in [4.78, 5) is 5.35. The standard InChI is InChI=1S/C27H35N3O2S/c1-19-7-12-22-13-14-26-25(24(22)15-19)16-27(30-26)28-17-20-8-10-21(11-9-20)18-29-33(31,32)23-5-3-2-4-6-23/h2-7,12,15,20-21,25-26,29H,8-11,13-14,16-18H2,1H3,(H,28,30). The van der Waals surface area contributed by atoms with Gasteiger partial charge in [0.15, 0.2) is 0 Å². The SMILES string of the molecule is Cc1ccc2c(c1)C1CC(=NCC3CCC(CNS(=O)(=O)c4ccccc4)CC3)NC1CC2. The molecular weight excluding hydrogens is 430 g/mol. The van der Waals surface area contributed by atoms with Crippen LogP contribution in [0.15, 0.2) is 58.4 Å². The van der Waals surface area contributed by atoms with Crippen LogP contribution in [0.5, 0.6) is 0 Å². The number of aliphatic imine (C=N–C) groups is 1. The molecule has 1 saturated carbocycles. The largest absolute Gasteiger partial charge is 0.370 e. The van der Waals surface area contributed by atoms with Crippen molar-refractivity contribution in [2.24, 2.45) is 16.8 Å². The van der Waals surface area contributed by atoms with E-state index in [1.807, 2.05) is 6.07 Å². The van der Waals surface area contributed by atoms with Gasteiger partial charge in [0, 0.05) is 31.5 Å². The summed E-state index contributed by atoms with van der Waals surface area (Å²) >= 11 is 0. The molecule has 176 valence electrons. The number of sulfonamides is 1. The van der Waals surface area contributed by atoms with Crippen LogP contribution in [0.3, 0.4) is 0 Å². The molecule has 2 aromatic rings.